The van der Waals surface area contributed by atoms with Crippen LogP contribution in [0.2, 0.25) is 10.0 Å². The maximum atomic E-state index is 12.6. The third-order valence-electron chi connectivity index (χ3n) is 3.54. The van der Waals surface area contributed by atoms with Crippen LogP contribution >= 0.6 is 23.2 Å². The number of sulfonamides is 1. The van der Waals surface area contributed by atoms with E-state index in [4.69, 9.17) is 27.9 Å². The molecule has 2 aromatic rings. The van der Waals surface area contributed by atoms with Crippen molar-refractivity contribution in [3.63, 3.8) is 0 Å². The molecule has 0 aliphatic rings. The number of halogens is 2. The molecule has 0 aliphatic heterocycles. The predicted octanol–water partition coefficient (Wildman–Crippen LogP) is 2.24. The first-order chi connectivity index (χ1) is 13.1. The Morgan fingerprint density at radius 1 is 1.21 bits per heavy atom. The Morgan fingerprint density at radius 2 is 1.86 bits per heavy atom. The normalized spacial score (nSPS) is 12.3. The van der Waals surface area contributed by atoms with Crippen LogP contribution in [0.15, 0.2) is 36.5 Å². The molecule has 1 unspecified atom stereocenters. The van der Waals surface area contributed by atoms with E-state index in [-0.39, 0.29) is 27.8 Å². The molecular formula is C17H16Cl2N2O6S. The van der Waals surface area contributed by atoms with Crippen LogP contribution < -0.4 is 4.72 Å². The van der Waals surface area contributed by atoms with Crippen molar-refractivity contribution in [2.75, 3.05) is 6.61 Å². The topological polar surface area (TPSA) is 123 Å². The van der Waals surface area contributed by atoms with Crippen molar-refractivity contribution in [2.24, 2.45) is 0 Å². The van der Waals surface area contributed by atoms with Crippen LogP contribution in [0.5, 0.6) is 0 Å². The highest BCUT2D eigenvalue weighted by Gasteiger charge is 2.29. The third-order valence-corrected chi connectivity index (χ3v) is 5.62. The minimum atomic E-state index is -4.30. The zero-order chi connectivity index (χ0) is 20.9. The maximum absolute atomic E-state index is 12.6. The monoisotopic (exact) mass is 446 g/mol. The fourth-order valence-electron chi connectivity index (χ4n) is 2.22. The van der Waals surface area contributed by atoms with Crippen molar-refractivity contribution in [2.45, 2.75) is 18.8 Å². The molecule has 1 aromatic heterocycles. The number of rotatable bonds is 7. The minimum Gasteiger partial charge on any atom is -0.459 e. The lowest BCUT2D eigenvalue weighted by Gasteiger charge is -2.17. The standard InChI is InChI=1S/C17H16Cl2N2O6S/c1-10(23)27-9-15-3-2-11(7-20-15)17(24)21-28(25,26)16(8-22)12-4-13(18)6-14(19)5-12/h2-7,16,22H,8-9H2,1H3,(H,21,24). The van der Waals surface area contributed by atoms with Gasteiger partial charge in [0.25, 0.3) is 5.91 Å². The van der Waals surface area contributed by atoms with E-state index >= 15 is 0 Å². The lowest BCUT2D eigenvalue weighted by molar-refractivity contribution is -0.142. The van der Waals surface area contributed by atoms with Crippen LogP contribution in [-0.2, 0) is 26.2 Å². The van der Waals surface area contributed by atoms with Gasteiger partial charge in [0.15, 0.2) is 0 Å². The average molecular weight is 447 g/mol. The zero-order valence-electron chi connectivity index (χ0n) is 14.6. The summed E-state index contributed by atoms with van der Waals surface area (Å²) in [6.07, 6.45) is 1.15. The molecule has 1 atom stereocenters. The summed E-state index contributed by atoms with van der Waals surface area (Å²) in [7, 11) is -4.30. The van der Waals surface area contributed by atoms with Crippen molar-refractivity contribution in [3.05, 3.63) is 63.4 Å². The van der Waals surface area contributed by atoms with Gasteiger partial charge in [0.05, 0.1) is 17.9 Å². The summed E-state index contributed by atoms with van der Waals surface area (Å²) >= 11 is 11.8. The van der Waals surface area contributed by atoms with Gasteiger partial charge in [0.1, 0.15) is 11.9 Å². The molecule has 0 radical (unpaired) electrons. The minimum absolute atomic E-state index is 0.0315. The molecule has 150 valence electrons. The van der Waals surface area contributed by atoms with Gasteiger partial charge in [-0.15, -0.1) is 0 Å². The van der Waals surface area contributed by atoms with Crippen LogP contribution in [0.3, 0.4) is 0 Å². The number of carbonyl (C=O) groups is 2. The van der Waals surface area contributed by atoms with Gasteiger partial charge in [-0.05, 0) is 35.9 Å². The van der Waals surface area contributed by atoms with Gasteiger partial charge in [-0.1, -0.05) is 23.2 Å². The van der Waals surface area contributed by atoms with Crippen molar-refractivity contribution in [1.29, 1.82) is 0 Å². The molecule has 28 heavy (non-hydrogen) atoms. The molecule has 1 heterocycles. The number of nitrogens with one attached hydrogen (secondary N) is 1. The first kappa shape index (κ1) is 22.1. The largest absolute Gasteiger partial charge is 0.459 e. The van der Waals surface area contributed by atoms with Crippen LogP contribution in [0.25, 0.3) is 0 Å². The fraction of sp³-hybridized carbons (Fsp3) is 0.235. The smallest absolute Gasteiger partial charge is 0.303 e. The summed E-state index contributed by atoms with van der Waals surface area (Å²) in [5, 5.41) is 8.48. The summed E-state index contributed by atoms with van der Waals surface area (Å²) in [4.78, 5) is 27.0. The number of aliphatic hydroxyl groups excluding tert-OH is 1. The quantitative estimate of drug-likeness (QED) is 0.624. The summed E-state index contributed by atoms with van der Waals surface area (Å²) in [5.74, 6) is -1.41. The highest BCUT2D eigenvalue weighted by molar-refractivity contribution is 7.90. The number of hydrogen-bond acceptors (Lipinski definition) is 7. The Labute approximate surface area is 171 Å². The van der Waals surface area contributed by atoms with Gasteiger partial charge >= 0.3 is 5.97 Å². The van der Waals surface area contributed by atoms with E-state index < -0.39 is 33.8 Å². The van der Waals surface area contributed by atoms with Crippen molar-refractivity contribution < 1.29 is 27.9 Å². The van der Waals surface area contributed by atoms with Crippen LogP contribution in [0.4, 0.5) is 0 Å². The SMILES string of the molecule is CC(=O)OCc1ccc(C(=O)NS(=O)(=O)C(CO)c2cc(Cl)cc(Cl)c2)cn1. The van der Waals surface area contributed by atoms with E-state index in [1.165, 1.54) is 37.3 Å². The lowest BCUT2D eigenvalue weighted by Crippen LogP contribution is -2.35. The maximum Gasteiger partial charge on any atom is 0.303 e. The van der Waals surface area contributed by atoms with Gasteiger partial charge < -0.3 is 9.84 Å². The molecule has 0 spiro atoms. The molecule has 0 saturated carbocycles. The molecule has 0 saturated heterocycles. The molecule has 0 aliphatic carbocycles. The molecule has 11 heteroatoms. The molecular weight excluding hydrogens is 431 g/mol. The van der Waals surface area contributed by atoms with Gasteiger partial charge in [0, 0.05) is 23.2 Å². The number of esters is 1. The number of pyridine rings is 1. The first-order valence-electron chi connectivity index (χ1n) is 7.83. The zero-order valence-corrected chi connectivity index (χ0v) is 16.9. The van der Waals surface area contributed by atoms with E-state index in [1.54, 1.807) is 0 Å². The Hall–Kier alpha value is -2.20. The van der Waals surface area contributed by atoms with Gasteiger partial charge in [-0.25, -0.2) is 13.1 Å². The van der Waals surface area contributed by atoms with E-state index in [2.05, 4.69) is 4.98 Å². The van der Waals surface area contributed by atoms with Crippen LogP contribution in [-0.4, -0.2) is 37.0 Å². The predicted molar refractivity (Wildman–Crippen MR) is 102 cm³/mol. The van der Waals surface area contributed by atoms with E-state index in [0.717, 1.165) is 6.20 Å². The molecule has 8 nitrogen and oxygen atoms in total. The Morgan fingerprint density at radius 3 is 2.36 bits per heavy atom. The first-order valence-corrected chi connectivity index (χ1v) is 10.1. The summed E-state index contributed by atoms with van der Waals surface area (Å²) in [5.41, 5.74) is 0.488. The van der Waals surface area contributed by atoms with Crippen molar-refractivity contribution in [3.8, 4) is 0 Å². The number of carbonyl (C=O) groups excluding carboxylic acids is 2. The number of ether oxygens (including phenoxy) is 1. The van der Waals surface area contributed by atoms with Gasteiger partial charge in [-0.3, -0.25) is 14.6 Å². The second-order valence-corrected chi connectivity index (χ2v) is 8.40. The summed E-state index contributed by atoms with van der Waals surface area (Å²) in [6.45, 7) is 0.383. The van der Waals surface area contributed by atoms with Crippen LogP contribution in [0, 0.1) is 0 Å². The Balaban J connectivity index is 2.17. The summed E-state index contributed by atoms with van der Waals surface area (Å²) in [6, 6.07) is 6.84. The Kier molecular flexibility index (Phi) is 7.36. The second-order valence-electron chi connectivity index (χ2n) is 5.67. The van der Waals surface area contributed by atoms with Crippen LogP contribution in [0.1, 0.15) is 33.8 Å². The number of amides is 1. The number of hydrogen-bond donors (Lipinski definition) is 2. The van der Waals surface area contributed by atoms with Gasteiger partial charge in [-0.2, -0.15) is 0 Å². The Bertz CT molecular complexity index is 959. The molecule has 0 fully saturated rings. The second kappa shape index (κ2) is 9.33. The fourth-order valence-corrected chi connectivity index (χ4v) is 3.97. The highest BCUT2D eigenvalue weighted by atomic mass is 35.5. The van der Waals surface area contributed by atoms with E-state index in [1.807, 2.05) is 4.72 Å². The average Bonchev–Trinajstić information content (AvgIpc) is 2.59. The van der Waals surface area contributed by atoms with E-state index in [0.29, 0.717) is 5.69 Å². The number of aliphatic hydroxyl groups is 1. The number of aromatic nitrogens is 1. The van der Waals surface area contributed by atoms with Crippen molar-refractivity contribution in [1.82, 2.24) is 9.71 Å². The molecule has 2 rings (SSSR count). The molecule has 0 bridgehead atoms. The molecule has 1 amide bonds. The molecule has 1 aromatic carbocycles. The number of nitrogens with zero attached hydrogens (tertiary/aromatic N) is 1. The molecule has 2 N–H and O–H groups in total. The number of benzene rings is 1. The lowest BCUT2D eigenvalue weighted by atomic mass is 10.1. The van der Waals surface area contributed by atoms with E-state index in [9.17, 15) is 23.1 Å². The summed E-state index contributed by atoms with van der Waals surface area (Å²) < 4.78 is 31.8. The highest BCUT2D eigenvalue weighted by Crippen LogP contribution is 2.27. The van der Waals surface area contributed by atoms with Crippen molar-refractivity contribution >= 4 is 45.1 Å². The third kappa shape index (κ3) is 5.90. The van der Waals surface area contributed by atoms with Gasteiger partial charge in [0.2, 0.25) is 10.0 Å².